The van der Waals surface area contributed by atoms with E-state index in [0.29, 0.717) is 18.1 Å². The molecule has 0 saturated carbocycles. The van der Waals surface area contributed by atoms with Gasteiger partial charge in [-0.2, -0.15) is 0 Å². The minimum Gasteiger partial charge on any atom is -0.462 e. The topological polar surface area (TPSA) is 97.6 Å². The minimum atomic E-state index is -0.502. The van der Waals surface area contributed by atoms with Gasteiger partial charge >= 0.3 is 5.97 Å². The molecule has 20 heavy (non-hydrogen) atoms. The maximum Gasteiger partial charge on any atom is 0.341 e. The van der Waals surface area contributed by atoms with Crippen LogP contribution in [-0.4, -0.2) is 43.6 Å². The molecule has 0 aliphatic rings. The maximum atomic E-state index is 11.9. The molecule has 7 nitrogen and oxygen atoms in total. The summed E-state index contributed by atoms with van der Waals surface area (Å²) in [7, 11) is 1.55. The number of ether oxygens (including phenoxy) is 1. The van der Waals surface area contributed by atoms with Gasteiger partial charge < -0.3 is 20.7 Å². The van der Waals surface area contributed by atoms with E-state index in [1.807, 2.05) is 6.92 Å². The van der Waals surface area contributed by atoms with Gasteiger partial charge in [0.15, 0.2) is 0 Å². The number of nitrogens with one attached hydrogen (secondary N) is 1. The van der Waals surface area contributed by atoms with E-state index in [0.717, 1.165) is 0 Å². The zero-order chi connectivity index (χ0) is 15.1. The van der Waals surface area contributed by atoms with E-state index in [9.17, 15) is 9.59 Å². The second kappa shape index (κ2) is 7.32. The smallest absolute Gasteiger partial charge is 0.341 e. The van der Waals surface area contributed by atoms with Crippen molar-refractivity contribution in [3.8, 4) is 0 Å². The normalized spacial score (nSPS) is 9.95. The highest BCUT2D eigenvalue weighted by atomic mass is 16.5. The number of pyridine rings is 1. The molecule has 1 rings (SSSR count). The summed E-state index contributed by atoms with van der Waals surface area (Å²) in [6, 6.07) is 1.51. The average Bonchev–Trinajstić information content (AvgIpc) is 2.45. The SMILES string of the molecule is CCOC(=O)c1cc(N)cnc1N(CC)CC(=O)NC. The molecule has 1 heterocycles. The van der Waals surface area contributed by atoms with Crippen LogP contribution in [0.4, 0.5) is 11.5 Å². The van der Waals surface area contributed by atoms with Crippen LogP contribution >= 0.6 is 0 Å². The van der Waals surface area contributed by atoms with E-state index in [2.05, 4.69) is 10.3 Å². The van der Waals surface area contributed by atoms with Crippen molar-refractivity contribution in [1.82, 2.24) is 10.3 Å². The third kappa shape index (κ3) is 3.84. The summed E-state index contributed by atoms with van der Waals surface area (Å²) in [5.41, 5.74) is 6.29. The number of nitrogens with two attached hydrogens (primary N) is 1. The van der Waals surface area contributed by atoms with E-state index in [1.54, 1.807) is 18.9 Å². The van der Waals surface area contributed by atoms with Crippen LogP contribution in [0.5, 0.6) is 0 Å². The highest BCUT2D eigenvalue weighted by molar-refractivity contribution is 5.96. The van der Waals surface area contributed by atoms with E-state index < -0.39 is 5.97 Å². The van der Waals surface area contributed by atoms with Gasteiger partial charge in [-0.25, -0.2) is 9.78 Å². The first kappa shape index (κ1) is 15.7. The Morgan fingerprint density at radius 1 is 1.45 bits per heavy atom. The first-order valence-electron chi connectivity index (χ1n) is 6.41. The van der Waals surface area contributed by atoms with Gasteiger partial charge in [0.1, 0.15) is 11.4 Å². The van der Waals surface area contributed by atoms with Crippen LogP contribution in [0.15, 0.2) is 12.3 Å². The predicted molar refractivity (Wildman–Crippen MR) is 76.6 cm³/mol. The van der Waals surface area contributed by atoms with Crippen LogP contribution in [0, 0.1) is 0 Å². The van der Waals surface area contributed by atoms with Crippen LogP contribution in [0.25, 0.3) is 0 Å². The van der Waals surface area contributed by atoms with Crippen molar-refractivity contribution in [1.29, 1.82) is 0 Å². The zero-order valence-electron chi connectivity index (χ0n) is 12.0. The molecule has 0 unspecified atom stereocenters. The molecule has 1 amide bonds. The fourth-order valence-corrected chi connectivity index (χ4v) is 1.67. The number of likely N-dealkylation sites (N-methyl/N-ethyl adjacent to an activating group) is 2. The Bertz CT molecular complexity index is 491. The Balaban J connectivity index is 3.13. The lowest BCUT2D eigenvalue weighted by Crippen LogP contribution is -2.37. The number of nitrogens with zero attached hydrogens (tertiary/aromatic N) is 2. The molecule has 3 N–H and O–H groups in total. The summed E-state index contributed by atoms with van der Waals surface area (Å²) >= 11 is 0. The Hall–Kier alpha value is -2.31. The average molecular weight is 280 g/mol. The maximum absolute atomic E-state index is 11.9. The van der Waals surface area contributed by atoms with Gasteiger partial charge in [-0.1, -0.05) is 0 Å². The summed E-state index contributed by atoms with van der Waals surface area (Å²) in [5, 5.41) is 2.54. The first-order valence-corrected chi connectivity index (χ1v) is 6.41. The summed E-state index contributed by atoms with van der Waals surface area (Å²) in [4.78, 5) is 29.3. The van der Waals surface area contributed by atoms with Crippen molar-refractivity contribution in [2.45, 2.75) is 13.8 Å². The van der Waals surface area contributed by atoms with Gasteiger partial charge in [0.2, 0.25) is 5.91 Å². The van der Waals surface area contributed by atoms with Crippen molar-refractivity contribution in [2.75, 3.05) is 37.4 Å². The molecule has 1 aromatic rings. The van der Waals surface area contributed by atoms with Crippen molar-refractivity contribution >= 4 is 23.4 Å². The molecular weight excluding hydrogens is 260 g/mol. The molecule has 0 saturated heterocycles. The minimum absolute atomic E-state index is 0.107. The lowest BCUT2D eigenvalue weighted by molar-refractivity contribution is -0.119. The Kier molecular flexibility index (Phi) is 5.76. The number of anilines is 2. The molecular formula is C13H20N4O3. The lowest BCUT2D eigenvalue weighted by Gasteiger charge is -2.23. The number of aromatic nitrogens is 1. The quantitative estimate of drug-likeness (QED) is 0.733. The first-order chi connectivity index (χ1) is 9.53. The summed E-state index contributed by atoms with van der Waals surface area (Å²) in [6.45, 7) is 4.48. The summed E-state index contributed by atoms with van der Waals surface area (Å²) < 4.78 is 4.99. The Morgan fingerprint density at radius 2 is 2.15 bits per heavy atom. The second-order valence-corrected chi connectivity index (χ2v) is 4.05. The molecule has 7 heteroatoms. The number of hydrogen-bond acceptors (Lipinski definition) is 6. The predicted octanol–water partition coefficient (Wildman–Crippen LogP) is 0.413. The van der Waals surface area contributed by atoms with E-state index in [1.165, 1.54) is 12.3 Å². The van der Waals surface area contributed by atoms with E-state index >= 15 is 0 Å². The van der Waals surface area contributed by atoms with Crippen molar-refractivity contribution in [3.63, 3.8) is 0 Å². The fourth-order valence-electron chi connectivity index (χ4n) is 1.67. The van der Waals surface area contributed by atoms with Gasteiger partial charge in [0.25, 0.3) is 0 Å². The number of carbonyl (C=O) groups excluding carboxylic acids is 2. The summed E-state index contributed by atoms with van der Waals surface area (Å²) in [5.74, 6) is -0.276. The summed E-state index contributed by atoms with van der Waals surface area (Å²) in [6.07, 6.45) is 1.45. The number of esters is 1. The van der Waals surface area contributed by atoms with Crippen LogP contribution in [0.1, 0.15) is 24.2 Å². The van der Waals surface area contributed by atoms with Crippen LogP contribution in [0.3, 0.4) is 0 Å². The van der Waals surface area contributed by atoms with Gasteiger partial charge in [0.05, 0.1) is 25.0 Å². The highest BCUT2D eigenvalue weighted by Crippen LogP contribution is 2.20. The molecule has 0 spiro atoms. The number of amides is 1. The highest BCUT2D eigenvalue weighted by Gasteiger charge is 2.20. The zero-order valence-corrected chi connectivity index (χ0v) is 12.0. The van der Waals surface area contributed by atoms with E-state index in [-0.39, 0.29) is 24.6 Å². The molecule has 0 aliphatic heterocycles. The monoisotopic (exact) mass is 280 g/mol. The van der Waals surface area contributed by atoms with Crippen LogP contribution in [-0.2, 0) is 9.53 Å². The number of carbonyl (C=O) groups is 2. The third-order valence-electron chi connectivity index (χ3n) is 2.68. The number of hydrogen-bond donors (Lipinski definition) is 2. The molecule has 1 aromatic heterocycles. The van der Waals surface area contributed by atoms with Crippen molar-refractivity contribution in [3.05, 3.63) is 17.8 Å². The molecule has 0 bridgehead atoms. The van der Waals surface area contributed by atoms with Crippen molar-refractivity contribution < 1.29 is 14.3 Å². The fraction of sp³-hybridized carbons (Fsp3) is 0.462. The molecule has 0 aliphatic carbocycles. The largest absolute Gasteiger partial charge is 0.462 e. The van der Waals surface area contributed by atoms with Crippen molar-refractivity contribution in [2.24, 2.45) is 0 Å². The number of rotatable bonds is 6. The standard InChI is InChI=1S/C13H20N4O3/c1-4-17(8-11(18)15-3)12-10(13(19)20-5-2)6-9(14)7-16-12/h6-7H,4-5,8,14H2,1-3H3,(H,15,18). The van der Waals surface area contributed by atoms with Crippen LogP contribution < -0.4 is 16.0 Å². The molecule has 110 valence electrons. The third-order valence-corrected chi connectivity index (χ3v) is 2.68. The van der Waals surface area contributed by atoms with Gasteiger partial charge in [-0.05, 0) is 19.9 Å². The second-order valence-electron chi connectivity index (χ2n) is 4.05. The Morgan fingerprint density at radius 3 is 2.70 bits per heavy atom. The Labute approximate surface area is 118 Å². The van der Waals surface area contributed by atoms with Gasteiger partial charge in [-0.3, -0.25) is 4.79 Å². The molecule has 0 aromatic carbocycles. The molecule has 0 fully saturated rings. The molecule has 0 atom stereocenters. The van der Waals surface area contributed by atoms with E-state index in [4.69, 9.17) is 10.5 Å². The lowest BCUT2D eigenvalue weighted by atomic mass is 10.2. The van der Waals surface area contributed by atoms with Crippen LogP contribution in [0.2, 0.25) is 0 Å². The van der Waals surface area contributed by atoms with Gasteiger partial charge in [-0.15, -0.1) is 0 Å². The van der Waals surface area contributed by atoms with Gasteiger partial charge in [0, 0.05) is 13.6 Å². The number of nitrogen functional groups attached to an aromatic ring is 1. The molecule has 0 radical (unpaired) electrons.